The Morgan fingerprint density at radius 2 is 1.91 bits per heavy atom. The maximum atomic E-state index is 9.11. The normalized spacial score (nSPS) is 45.8. The second-order valence-corrected chi connectivity index (χ2v) is 2.61. The zero-order chi connectivity index (χ0) is 8.43. The number of ether oxygens (including phenoxy) is 1. The maximum Gasteiger partial charge on any atom is 0.157 e. The summed E-state index contributed by atoms with van der Waals surface area (Å²) in [6.45, 7) is -0.407. The van der Waals surface area contributed by atoms with Crippen molar-refractivity contribution in [1.29, 1.82) is 0 Å². The molecule has 0 aliphatic carbocycles. The molecule has 0 amide bonds. The van der Waals surface area contributed by atoms with Gasteiger partial charge in [0.25, 0.3) is 0 Å². The molecule has 0 aromatic rings. The number of hydrogen-bond acceptors (Lipinski definition) is 5. The molecule has 5 heteroatoms. The van der Waals surface area contributed by atoms with Crippen molar-refractivity contribution in [3.05, 3.63) is 0 Å². The van der Waals surface area contributed by atoms with Crippen LogP contribution in [0, 0.1) is 0 Å². The Labute approximate surface area is 63.8 Å². The Kier molecular flexibility index (Phi) is 2.80. The van der Waals surface area contributed by atoms with Crippen molar-refractivity contribution in [2.45, 2.75) is 31.0 Å². The molecule has 5 nitrogen and oxygen atoms in total. The summed E-state index contributed by atoms with van der Waals surface area (Å²) in [5.41, 5.74) is 0. The van der Waals surface area contributed by atoms with E-state index in [1.165, 1.54) is 0 Å². The lowest BCUT2D eigenvalue weighted by atomic mass is 10.0. The highest BCUT2D eigenvalue weighted by molar-refractivity contribution is 4.81. The smallest absolute Gasteiger partial charge is 0.157 e. The fourth-order valence-corrected chi connectivity index (χ4v) is 1.08. The summed E-state index contributed by atoms with van der Waals surface area (Å²) in [5.74, 6) is 0. The summed E-state index contributed by atoms with van der Waals surface area (Å²) >= 11 is 0. The molecule has 66 valence electrons. The van der Waals surface area contributed by atoms with Gasteiger partial charge in [-0.1, -0.05) is 0 Å². The molecule has 0 radical (unpaired) electrons. The van der Waals surface area contributed by atoms with Gasteiger partial charge in [-0.05, 0) is 0 Å². The molecule has 1 saturated heterocycles. The quantitative estimate of drug-likeness (QED) is 0.353. The van der Waals surface area contributed by atoms with Gasteiger partial charge in [0.1, 0.15) is 12.2 Å². The highest BCUT2D eigenvalue weighted by Gasteiger charge is 2.35. The van der Waals surface area contributed by atoms with Gasteiger partial charge in [-0.3, -0.25) is 0 Å². The number of hydrogen-bond donors (Lipinski definition) is 4. The molecular formula is C6H12O5. The zero-order valence-electron chi connectivity index (χ0n) is 5.92. The predicted molar refractivity (Wildman–Crippen MR) is 34.6 cm³/mol. The number of aliphatic hydroxyl groups is 4. The molecule has 1 aliphatic heterocycles. The third kappa shape index (κ3) is 1.88. The van der Waals surface area contributed by atoms with E-state index in [0.29, 0.717) is 0 Å². The standard InChI is InChI=1S/C6H12O5/c7-2-4-6(10)3(8)1-5(9)11-4/h3-10H,1-2H2/t3-,4-,5?,6-/m1/s1. The van der Waals surface area contributed by atoms with Gasteiger partial charge in [0, 0.05) is 6.42 Å². The topological polar surface area (TPSA) is 90.2 Å². The van der Waals surface area contributed by atoms with E-state index in [1.807, 2.05) is 0 Å². The average Bonchev–Trinajstić information content (AvgIpc) is 1.96. The molecule has 11 heavy (non-hydrogen) atoms. The molecule has 1 fully saturated rings. The van der Waals surface area contributed by atoms with Crippen LogP contribution in [-0.2, 0) is 4.74 Å². The number of rotatable bonds is 1. The van der Waals surface area contributed by atoms with Gasteiger partial charge >= 0.3 is 0 Å². The predicted octanol–water partition coefficient (Wildman–Crippen LogP) is -2.19. The molecule has 0 spiro atoms. The van der Waals surface area contributed by atoms with E-state index in [1.54, 1.807) is 0 Å². The van der Waals surface area contributed by atoms with E-state index in [-0.39, 0.29) is 6.42 Å². The first-order valence-corrected chi connectivity index (χ1v) is 3.45. The molecule has 4 N–H and O–H groups in total. The van der Waals surface area contributed by atoms with Gasteiger partial charge in [-0.25, -0.2) is 0 Å². The molecule has 0 bridgehead atoms. The molecule has 1 aliphatic rings. The minimum absolute atomic E-state index is 0.0162. The van der Waals surface area contributed by atoms with Gasteiger partial charge in [-0.2, -0.15) is 0 Å². The second-order valence-electron chi connectivity index (χ2n) is 2.61. The Balaban J connectivity index is 2.51. The highest BCUT2D eigenvalue weighted by atomic mass is 16.6. The summed E-state index contributed by atoms with van der Waals surface area (Å²) in [6.07, 6.45) is -4.11. The van der Waals surface area contributed by atoms with Crippen LogP contribution in [0.2, 0.25) is 0 Å². The maximum absolute atomic E-state index is 9.11. The molecule has 0 saturated carbocycles. The van der Waals surface area contributed by atoms with Gasteiger partial charge < -0.3 is 25.2 Å². The molecule has 1 heterocycles. The summed E-state index contributed by atoms with van der Waals surface area (Å²) in [4.78, 5) is 0. The van der Waals surface area contributed by atoms with Crippen molar-refractivity contribution in [1.82, 2.24) is 0 Å². The van der Waals surface area contributed by atoms with Crippen LogP contribution in [0.3, 0.4) is 0 Å². The van der Waals surface area contributed by atoms with Gasteiger partial charge in [0.2, 0.25) is 0 Å². The van der Waals surface area contributed by atoms with E-state index in [4.69, 9.17) is 25.2 Å². The molecule has 1 unspecified atom stereocenters. The first-order valence-electron chi connectivity index (χ1n) is 3.45. The van der Waals surface area contributed by atoms with E-state index in [2.05, 4.69) is 0 Å². The fraction of sp³-hybridized carbons (Fsp3) is 1.00. The minimum Gasteiger partial charge on any atom is -0.394 e. The monoisotopic (exact) mass is 164 g/mol. The highest BCUT2D eigenvalue weighted by Crippen LogP contribution is 2.18. The summed E-state index contributed by atoms with van der Waals surface area (Å²) in [7, 11) is 0. The van der Waals surface area contributed by atoms with Crippen molar-refractivity contribution < 1.29 is 25.2 Å². The molecule has 0 aromatic heterocycles. The van der Waals surface area contributed by atoms with E-state index in [0.717, 1.165) is 0 Å². The molecule has 1 rings (SSSR count). The SMILES string of the molecule is OC[C@H]1OC(O)C[C@@H](O)[C@H]1O. The van der Waals surface area contributed by atoms with Crippen LogP contribution in [-0.4, -0.2) is 51.6 Å². The van der Waals surface area contributed by atoms with Crippen LogP contribution in [0.5, 0.6) is 0 Å². The Bertz CT molecular complexity index is 128. The van der Waals surface area contributed by atoms with Crippen LogP contribution in [0.25, 0.3) is 0 Å². The molecule has 0 aromatic carbocycles. The zero-order valence-corrected chi connectivity index (χ0v) is 5.92. The van der Waals surface area contributed by atoms with E-state index < -0.39 is 31.2 Å². The third-order valence-electron chi connectivity index (χ3n) is 1.73. The fourth-order valence-electron chi connectivity index (χ4n) is 1.08. The first kappa shape index (κ1) is 8.89. The van der Waals surface area contributed by atoms with Crippen molar-refractivity contribution >= 4 is 0 Å². The Morgan fingerprint density at radius 3 is 2.45 bits per heavy atom. The van der Waals surface area contributed by atoms with Crippen molar-refractivity contribution in [3.8, 4) is 0 Å². The van der Waals surface area contributed by atoms with Crippen LogP contribution in [0.1, 0.15) is 6.42 Å². The van der Waals surface area contributed by atoms with Crippen LogP contribution < -0.4 is 0 Å². The summed E-state index contributed by atoms with van der Waals surface area (Å²) < 4.78 is 4.71. The van der Waals surface area contributed by atoms with Crippen LogP contribution >= 0.6 is 0 Å². The van der Waals surface area contributed by atoms with Crippen molar-refractivity contribution in [3.63, 3.8) is 0 Å². The lowest BCUT2D eigenvalue weighted by molar-refractivity contribution is -0.239. The lowest BCUT2D eigenvalue weighted by Crippen LogP contribution is -2.49. The number of aliphatic hydroxyl groups excluding tert-OH is 4. The first-order chi connectivity index (χ1) is 5.15. The second kappa shape index (κ2) is 3.46. The average molecular weight is 164 g/mol. The van der Waals surface area contributed by atoms with E-state index >= 15 is 0 Å². The summed E-state index contributed by atoms with van der Waals surface area (Å²) in [6, 6.07) is 0. The Morgan fingerprint density at radius 1 is 1.27 bits per heavy atom. The van der Waals surface area contributed by atoms with Gasteiger partial charge in [0.05, 0.1) is 12.7 Å². The van der Waals surface area contributed by atoms with Crippen molar-refractivity contribution in [2.75, 3.05) is 6.61 Å². The minimum atomic E-state index is -1.11. The van der Waals surface area contributed by atoms with Crippen LogP contribution in [0.15, 0.2) is 0 Å². The summed E-state index contributed by atoms with van der Waals surface area (Å²) in [5, 5.41) is 35.6. The largest absolute Gasteiger partial charge is 0.394 e. The third-order valence-corrected chi connectivity index (χ3v) is 1.73. The van der Waals surface area contributed by atoms with Gasteiger partial charge in [0.15, 0.2) is 6.29 Å². The van der Waals surface area contributed by atoms with Gasteiger partial charge in [-0.15, -0.1) is 0 Å². The van der Waals surface area contributed by atoms with E-state index in [9.17, 15) is 0 Å². The van der Waals surface area contributed by atoms with Crippen LogP contribution in [0.4, 0.5) is 0 Å². The van der Waals surface area contributed by atoms with Crippen molar-refractivity contribution in [2.24, 2.45) is 0 Å². The Hall–Kier alpha value is -0.200. The molecule has 4 atom stereocenters. The lowest BCUT2D eigenvalue weighted by Gasteiger charge is -2.33. The molecular weight excluding hydrogens is 152 g/mol.